The van der Waals surface area contributed by atoms with E-state index in [9.17, 15) is 19.7 Å². The van der Waals surface area contributed by atoms with Crippen LogP contribution < -0.4 is 10.5 Å². The Labute approximate surface area is 132 Å². The molecule has 120 valence electrons. The maximum atomic E-state index is 12.5. The average molecular weight is 315 g/mol. The van der Waals surface area contributed by atoms with Gasteiger partial charge in [-0.3, -0.25) is 24.3 Å². The molecule has 23 heavy (non-hydrogen) atoms. The van der Waals surface area contributed by atoms with Crippen molar-refractivity contribution in [2.75, 3.05) is 11.4 Å². The van der Waals surface area contributed by atoms with E-state index in [1.54, 1.807) is 12.1 Å². The first-order valence-corrected chi connectivity index (χ1v) is 7.15. The van der Waals surface area contributed by atoms with Gasteiger partial charge in [0.05, 0.1) is 11.1 Å². The number of para-hydroxylation sites is 1. The van der Waals surface area contributed by atoms with Gasteiger partial charge in [0.2, 0.25) is 5.91 Å². The van der Waals surface area contributed by atoms with E-state index >= 15 is 0 Å². The fourth-order valence-electron chi connectivity index (χ4n) is 2.31. The highest BCUT2D eigenvalue weighted by molar-refractivity contribution is 5.93. The minimum Gasteiger partial charge on any atom is -0.311 e. The molecule has 0 spiro atoms. The molecule has 0 N–H and O–H groups in total. The van der Waals surface area contributed by atoms with Crippen LogP contribution in [0.25, 0.3) is 0 Å². The minimum absolute atomic E-state index is 0.180. The van der Waals surface area contributed by atoms with Gasteiger partial charge in [-0.05, 0) is 26.0 Å². The van der Waals surface area contributed by atoms with Gasteiger partial charge in [-0.15, -0.1) is 0 Å². The first-order chi connectivity index (χ1) is 10.9. The van der Waals surface area contributed by atoms with Crippen LogP contribution >= 0.6 is 0 Å². The van der Waals surface area contributed by atoms with E-state index < -0.39 is 10.5 Å². The van der Waals surface area contributed by atoms with E-state index in [1.165, 1.54) is 17.9 Å². The van der Waals surface area contributed by atoms with Crippen LogP contribution in [0.3, 0.4) is 0 Å². The van der Waals surface area contributed by atoms with Crippen LogP contribution in [0.5, 0.6) is 0 Å². The average Bonchev–Trinajstić information content (AvgIpc) is 2.51. The summed E-state index contributed by atoms with van der Waals surface area (Å²) in [6, 6.07) is 10.2. The van der Waals surface area contributed by atoms with Crippen LogP contribution in [0.4, 0.5) is 11.4 Å². The van der Waals surface area contributed by atoms with Gasteiger partial charge < -0.3 is 4.90 Å². The van der Waals surface area contributed by atoms with Crippen LogP contribution in [0.15, 0.2) is 47.4 Å². The predicted molar refractivity (Wildman–Crippen MR) is 86.6 cm³/mol. The van der Waals surface area contributed by atoms with Crippen LogP contribution in [-0.2, 0) is 11.3 Å². The van der Waals surface area contributed by atoms with Crippen LogP contribution in [0.2, 0.25) is 0 Å². The zero-order valence-electron chi connectivity index (χ0n) is 12.9. The largest absolute Gasteiger partial charge is 0.311 e. The lowest BCUT2D eigenvalue weighted by molar-refractivity contribution is -0.385. The Morgan fingerprint density at radius 3 is 2.52 bits per heavy atom. The molecule has 1 aromatic carbocycles. The summed E-state index contributed by atoms with van der Waals surface area (Å²) in [6.45, 7) is 3.51. The molecule has 7 heteroatoms. The second-order valence-electron chi connectivity index (χ2n) is 5.04. The molecule has 0 fully saturated rings. The van der Waals surface area contributed by atoms with Crippen molar-refractivity contribution in [3.8, 4) is 0 Å². The van der Waals surface area contributed by atoms with Gasteiger partial charge in [0.25, 0.3) is 11.2 Å². The number of nitro groups is 1. The first-order valence-electron chi connectivity index (χ1n) is 7.15. The summed E-state index contributed by atoms with van der Waals surface area (Å²) in [4.78, 5) is 36.4. The molecule has 7 nitrogen and oxygen atoms in total. The number of nitrogens with zero attached hydrogens (tertiary/aromatic N) is 3. The van der Waals surface area contributed by atoms with E-state index in [-0.39, 0.29) is 23.7 Å². The van der Waals surface area contributed by atoms with Crippen molar-refractivity contribution in [2.24, 2.45) is 0 Å². The van der Waals surface area contributed by atoms with Gasteiger partial charge in [-0.1, -0.05) is 18.2 Å². The number of aromatic nitrogens is 1. The second-order valence-corrected chi connectivity index (χ2v) is 5.04. The molecule has 2 aromatic rings. The van der Waals surface area contributed by atoms with Crippen molar-refractivity contribution < 1.29 is 9.72 Å². The molecule has 0 saturated heterocycles. The fraction of sp³-hybridized carbons (Fsp3) is 0.250. The number of carbonyl (C=O) groups is 1. The van der Waals surface area contributed by atoms with Gasteiger partial charge in [0.1, 0.15) is 6.54 Å². The van der Waals surface area contributed by atoms with Crippen LogP contribution in [0.1, 0.15) is 12.5 Å². The summed E-state index contributed by atoms with van der Waals surface area (Å²) in [7, 11) is 0. The van der Waals surface area contributed by atoms with Crippen molar-refractivity contribution in [1.82, 2.24) is 4.57 Å². The number of hydrogen-bond donors (Lipinski definition) is 0. The first kappa shape index (κ1) is 16.4. The third-order valence-corrected chi connectivity index (χ3v) is 3.49. The molecule has 0 radical (unpaired) electrons. The van der Waals surface area contributed by atoms with Crippen molar-refractivity contribution >= 4 is 17.3 Å². The van der Waals surface area contributed by atoms with Crippen molar-refractivity contribution in [2.45, 2.75) is 20.4 Å². The molecule has 0 saturated carbocycles. The molecule has 1 aromatic heterocycles. The van der Waals surface area contributed by atoms with E-state index in [0.29, 0.717) is 6.54 Å². The zero-order valence-corrected chi connectivity index (χ0v) is 12.9. The molecule has 0 atom stereocenters. The summed E-state index contributed by atoms with van der Waals surface area (Å²) in [6.07, 6.45) is 1.12. The normalized spacial score (nSPS) is 10.3. The fourth-order valence-corrected chi connectivity index (χ4v) is 2.31. The number of aryl methyl sites for hydroxylation is 1. The van der Waals surface area contributed by atoms with E-state index in [2.05, 4.69) is 0 Å². The summed E-state index contributed by atoms with van der Waals surface area (Å²) in [5.41, 5.74) is 0.375. The molecule has 2 rings (SSSR count). The highest BCUT2D eigenvalue weighted by atomic mass is 16.6. The van der Waals surface area contributed by atoms with Gasteiger partial charge in [0.15, 0.2) is 0 Å². The molecule has 0 aliphatic heterocycles. The van der Waals surface area contributed by atoms with Crippen molar-refractivity contribution in [1.29, 1.82) is 0 Å². The molecular weight excluding hydrogens is 298 g/mol. The maximum Gasteiger partial charge on any atom is 0.288 e. The number of anilines is 1. The smallest absolute Gasteiger partial charge is 0.288 e. The Morgan fingerprint density at radius 2 is 1.96 bits per heavy atom. The number of carbonyl (C=O) groups excluding carboxylic acids is 1. The second kappa shape index (κ2) is 6.87. The number of benzene rings is 1. The Bertz CT molecular complexity index is 784. The predicted octanol–water partition coefficient (Wildman–Crippen LogP) is 2.12. The summed E-state index contributed by atoms with van der Waals surface area (Å²) in [5, 5.41) is 11.0. The van der Waals surface area contributed by atoms with E-state index in [4.69, 9.17) is 0 Å². The maximum absolute atomic E-state index is 12.5. The molecular formula is C16H17N3O4. The number of likely N-dealkylation sites (N-methyl/N-ethyl adjacent to an activating group) is 1. The highest BCUT2D eigenvalue weighted by Gasteiger charge is 2.18. The molecule has 1 amide bonds. The Hall–Kier alpha value is -2.96. The topological polar surface area (TPSA) is 85.4 Å². The molecule has 0 aliphatic rings. The lowest BCUT2D eigenvalue weighted by Crippen LogP contribution is -2.36. The molecule has 0 bridgehead atoms. The standard InChI is InChI=1S/C16H17N3O4/c1-3-18(13-7-5-4-6-8-13)16(21)11-17-10-14(19(22)23)12(2)9-15(17)20/h4-10H,3,11H2,1-2H3. The number of hydrogen-bond acceptors (Lipinski definition) is 4. The lowest BCUT2D eigenvalue weighted by Gasteiger charge is -2.21. The third kappa shape index (κ3) is 3.63. The molecule has 0 unspecified atom stereocenters. The minimum atomic E-state index is -0.565. The zero-order chi connectivity index (χ0) is 17.0. The van der Waals surface area contributed by atoms with Gasteiger partial charge in [-0.2, -0.15) is 0 Å². The lowest BCUT2D eigenvalue weighted by atomic mass is 10.2. The Morgan fingerprint density at radius 1 is 1.30 bits per heavy atom. The van der Waals surface area contributed by atoms with Gasteiger partial charge in [0, 0.05) is 23.9 Å². The summed E-state index contributed by atoms with van der Waals surface area (Å²) >= 11 is 0. The van der Waals surface area contributed by atoms with Gasteiger partial charge >= 0.3 is 0 Å². The number of amides is 1. The van der Waals surface area contributed by atoms with E-state index in [0.717, 1.165) is 16.5 Å². The monoisotopic (exact) mass is 315 g/mol. The number of pyridine rings is 1. The van der Waals surface area contributed by atoms with Crippen molar-refractivity contribution in [3.63, 3.8) is 0 Å². The summed E-state index contributed by atoms with van der Waals surface area (Å²) in [5.74, 6) is -0.307. The molecule has 1 heterocycles. The van der Waals surface area contributed by atoms with E-state index in [1.807, 2.05) is 25.1 Å². The third-order valence-electron chi connectivity index (χ3n) is 3.49. The van der Waals surface area contributed by atoms with Crippen LogP contribution in [0, 0.1) is 17.0 Å². The Balaban J connectivity index is 2.31. The number of rotatable bonds is 5. The van der Waals surface area contributed by atoms with Gasteiger partial charge in [-0.25, -0.2) is 0 Å². The SMILES string of the molecule is CCN(C(=O)Cn1cc([N+](=O)[O-])c(C)cc1=O)c1ccccc1. The van der Waals surface area contributed by atoms with Crippen LogP contribution in [-0.4, -0.2) is 21.9 Å². The molecule has 0 aliphatic carbocycles. The highest BCUT2D eigenvalue weighted by Crippen LogP contribution is 2.16. The van der Waals surface area contributed by atoms with Crippen molar-refractivity contribution in [3.05, 3.63) is 68.6 Å². The Kier molecular flexibility index (Phi) is 4.90. The quantitative estimate of drug-likeness (QED) is 0.625. The summed E-state index contributed by atoms with van der Waals surface area (Å²) < 4.78 is 1.07.